The molecule has 3 rings (SSSR count). The maximum absolute atomic E-state index is 11.7. The molecule has 1 N–H and O–H groups in total. The van der Waals surface area contributed by atoms with Crippen LogP contribution in [0.1, 0.15) is 37.3 Å². The van der Waals surface area contributed by atoms with Gasteiger partial charge in [0.05, 0.1) is 5.69 Å². The highest BCUT2D eigenvalue weighted by molar-refractivity contribution is 5.84. The highest BCUT2D eigenvalue weighted by atomic mass is 16.6. The van der Waals surface area contributed by atoms with E-state index in [0.717, 1.165) is 18.5 Å². The molecule has 0 atom stereocenters. The van der Waals surface area contributed by atoms with Crippen molar-refractivity contribution in [1.29, 1.82) is 0 Å². The highest BCUT2D eigenvalue weighted by Crippen LogP contribution is 2.34. The molecule has 1 aliphatic carbocycles. The quantitative estimate of drug-likeness (QED) is 0.919. The smallest absolute Gasteiger partial charge is 0.410 e. The molecule has 1 aromatic carbocycles. The SMILES string of the molecule is O=C(Nc1cc(C2CCCC2)no1)Oc1ccccc1. The minimum Gasteiger partial charge on any atom is -0.410 e. The molecule has 0 bridgehead atoms. The lowest BCUT2D eigenvalue weighted by Crippen LogP contribution is -2.16. The first-order valence-electron chi connectivity index (χ1n) is 6.82. The van der Waals surface area contributed by atoms with Crippen molar-refractivity contribution in [2.45, 2.75) is 31.6 Å². The summed E-state index contributed by atoms with van der Waals surface area (Å²) in [6.45, 7) is 0. The van der Waals surface area contributed by atoms with Gasteiger partial charge in [0.2, 0.25) is 5.88 Å². The number of aromatic nitrogens is 1. The van der Waals surface area contributed by atoms with E-state index in [2.05, 4.69) is 10.5 Å². The van der Waals surface area contributed by atoms with E-state index in [4.69, 9.17) is 9.26 Å². The Morgan fingerprint density at radius 3 is 2.75 bits per heavy atom. The van der Waals surface area contributed by atoms with Gasteiger partial charge in [-0.05, 0) is 25.0 Å². The number of carbonyl (C=O) groups is 1. The lowest BCUT2D eigenvalue weighted by atomic mass is 10.0. The summed E-state index contributed by atoms with van der Waals surface area (Å²) in [5.74, 6) is 1.27. The van der Waals surface area contributed by atoms with Crippen molar-refractivity contribution in [3.63, 3.8) is 0 Å². The number of para-hydroxylation sites is 1. The first-order chi connectivity index (χ1) is 9.81. The van der Waals surface area contributed by atoms with Gasteiger partial charge in [0, 0.05) is 12.0 Å². The Bertz CT molecular complexity index is 574. The zero-order valence-corrected chi connectivity index (χ0v) is 11.0. The molecule has 5 heteroatoms. The van der Waals surface area contributed by atoms with Crippen molar-refractivity contribution >= 4 is 12.0 Å². The number of rotatable bonds is 3. The molecule has 0 unspecified atom stereocenters. The van der Waals surface area contributed by atoms with Gasteiger partial charge in [0.1, 0.15) is 5.75 Å². The predicted molar refractivity (Wildman–Crippen MR) is 73.8 cm³/mol. The van der Waals surface area contributed by atoms with Crippen molar-refractivity contribution in [3.8, 4) is 5.75 Å². The maximum atomic E-state index is 11.7. The Hall–Kier alpha value is -2.30. The molecule has 1 aliphatic rings. The third kappa shape index (κ3) is 2.99. The number of amides is 1. The fourth-order valence-corrected chi connectivity index (χ4v) is 2.48. The molecule has 0 radical (unpaired) electrons. The number of nitrogens with one attached hydrogen (secondary N) is 1. The molecular weight excluding hydrogens is 256 g/mol. The van der Waals surface area contributed by atoms with Crippen molar-refractivity contribution in [2.24, 2.45) is 0 Å². The van der Waals surface area contributed by atoms with E-state index in [-0.39, 0.29) is 0 Å². The van der Waals surface area contributed by atoms with Crippen molar-refractivity contribution in [3.05, 3.63) is 42.1 Å². The number of benzene rings is 1. The molecule has 1 amide bonds. The number of hydrogen-bond acceptors (Lipinski definition) is 4. The molecule has 2 aromatic rings. The Morgan fingerprint density at radius 2 is 2.00 bits per heavy atom. The normalized spacial score (nSPS) is 15.2. The van der Waals surface area contributed by atoms with Crippen LogP contribution in [-0.2, 0) is 0 Å². The monoisotopic (exact) mass is 272 g/mol. The van der Waals surface area contributed by atoms with Gasteiger partial charge >= 0.3 is 6.09 Å². The Morgan fingerprint density at radius 1 is 1.25 bits per heavy atom. The third-order valence-corrected chi connectivity index (χ3v) is 3.48. The predicted octanol–water partition coefficient (Wildman–Crippen LogP) is 3.94. The summed E-state index contributed by atoms with van der Waals surface area (Å²) in [5, 5.41) is 6.56. The fraction of sp³-hybridized carbons (Fsp3) is 0.333. The summed E-state index contributed by atoms with van der Waals surface area (Å²) < 4.78 is 10.2. The van der Waals surface area contributed by atoms with Crippen LogP contribution in [0.25, 0.3) is 0 Å². The average molecular weight is 272 g/mol. The first-order valence-corrected chi connectivity index (χ1v) is 6.82. The number of carbonyl (C=O) groups excluding carboxylic acids is 1. The van der Waals surface area contributed by atoms with E-state index in [1.165, 1.54) is 12.8 Å². The van der Waals surface area contributed by atoms with Gasteiger partial charge in [-0.3, -0.25) is 5.32 Å². The number of hydrogen-bond donors (Lipinski definition) is 1. The number of anilines is 1. The van der Waals surface area contributed by atoms with Crippen LogP contribution in [0.3, 0.4) is 0 Å². The second kappa shape index (κ2) is 5.77. The van der Waals surface area contributed by atoms with Crippen molar-refractivity contribution in [2.75, 3.05) is 5.32 Å². The van der Waals surface area contributed by atoms with Gasteiger partial charge in [-0.15, -0.1) is 0 Å². The van der Waals surface area contributed by atoms with E-state index in [1.54, 1.807) is 30.3 Å². The van der Waals surface area contributed by atoms with E-state index in [0.29, 0.717) is 17.6 Å². The number of nitrogens with zero attached hydrogens (tertiary/aromatic N) is 1. The molecule has 0 aliphatic heterocycles. The van der Waals surface area contributed by atoms with Gasteiger partial charge in [-0.25, -0.2) is 4.79 Å². The topological polar surface area (TPSA) is 64.4 Å². The van der Waals surface area contributed by atoms with Crippen LogP contribution in [0.15, 0.2) is 40.9 Å². The van der Waals surface area contributed by atoms with Gasteiger partial charge < -0.3 is 9.26 Å². The lowest BCUT2D eigenvalue weighted by molar-refractivity contribution is 0.214. The molecule has 20 heavy (non-hydrogen) atoms. The lowest BCUT2D eigenvalue weighted by Gasteiger charge is -2.03. The third-order valence-electron chi connectivity index (χ3n) is 3.48. The summed E-state index contributed by atoms with van der Waals surface area (Å²) in [6, 6.07) is 10.7. The van der Waals surface area contributed by atoms with Crippen LogP contribution >= 0.6 is 0 Å². The van der Waals surface area contributed by atoms with Gasteiger partial charge in [0.15, 0.2) is 0 Å². The van der Waals surface area contributed by atoms with Gasteiger partial charge in [-0.1, -0.05) is 36.2 Å². The first kappa shape index (κ1) is 12.7. The highest BCUT2D eigenvalue weighted by Gasteiger charge is 2.21. The average Bonchev–Trinajstić information content (AvgIpc) is 3.10. The molecule has 1 heterocycles. The Kier molecular flexibility index (Phi) is 3.67. The zero-order valence-electron chi connectivity index (χ0n) is 11.0. The van der Waals surface area contributed by atoms with Crippen LogP contribution in [-0.4, -0.2) is 11.2 Å². The van der Waals surface area contributed by atoms with E-state index in [1.807, 2.05) is 6.07 Å². The van der Waals surface area contributed by atoms with Crippen LogP contribution in [0.5, 0.6) is 5.75 Å². The van der Waals surface area contributed by atoms with Crippen molar-refractivity contribution in [1.82, 2.24) is 5.16 Å². The minimum absolute atomic E-state index is 0.327. The molecule has 1 fully saturated rings. The summed E-state index contributed by atoms with van der Waals surface area (Å²) in [5.41, 5.74) is 0.914. The molecule has 0 spiro atoms. The van der Waals surface area contributed by atoms with Gasteiger partial charge in [0.25, 0.3) is 0 Å². The molecule has 1 saturated carbocycles. The molecule has 0 saturated heterocycles. The van der Waals surface area contributed by atoms with E-state index in [9.17, 15) is 4.79 Å². The van der Waals surface area contributed by atoms with Crippen LogP contribution in [0.2, 0.25) is 0 Å². The van der Waals surface area contributed by atoms with Crippen molar-refractivity contribution < 1.29 is 14.1 Å². The summed E-state index contributed by atoms with van der Waals surface area (Å²) in [6.07, 6.45) is 4.17. The summed E-state index contributed by atoms with van der Waals surface area (Å²) >= 11 is 0. The molecule has 5 nitrogen and oxygen atoms in total. The fourth-order valence-electron chi connectivity index (χ4n) is 2.48. The largest absolute Gasteiger partial charge is 0.419 e. The number of ether oxygens (including phenoxy) is 1. The second-order valence-electron chi connectivity index (χ2n) is 4.92. The molecule has 104 valence electrons. The van der Waals surface area contributed by atoms with Gasteiger partial charge in [-0.2, -0.15) is 0 Å². The summed E-state index contributed by atoms with van der Waals surface area (Å²) in [7, 11) is 0. The van der Waals surface area contributed by atoms with E-state index >= 15 is 0 Å². The van der Waals surface area contributed by atoms with E-state index < -0.39 is 6.09 Å². The Labute approximate surface area is 116 Å². The van der Waals surface area contributed by atoms with Crippen LogP contribution in [0, 0.1) is 0 Å². The minimum atomic E-state index is -0.578. The van der Waals surface area contributed by atoms with Crippen LogP contribution in [0.4, 0.5) is 10.7 Å². The maximum Gasteiger partial charge on any atom is 0.419 e. The molecular formula is C15H16N2O3. The Balaban J connectivity index is 1.59. The molecule has 1 aromatic heterocycles. The second-order valence-corrected chi connectivity index (χ2v) is 4.92. The van der Waals surface area contributed by atoms with Crippen LogP contribution < -0.4 is 10.1 Å². The summed E-state index contributed by atoms with van der Waals surface area (Å²) in [4.78, 5) is 11.7. The standard InChI is InChI=1S/C15H16N2O3/c18-15(19-12-8-2-1-3-9-12)16-14-10-13(17-20-14)11-6-4-5-7-11/h1-3,8-11H,4-7H2,(H,16,18). The zero-order chi connectivity index (χ0) is 13.8.